The van der Waals surface area contributed by atoms with Crippen LogP contribution in [0.5, 0.6) is 0 Å². The highest BCUT2D eigenvalue weighted by Crippen LogP contribution is 2.43. The Bertz CT molecular complexity index is 2630. The van der Waals surface area contributed by atoms with Crippen LogP contribution in [0.25, 0.3) is 33.4 Å². The monoisotopic (exact) mass is 1320 g/mol. The summed E-state index contributed by atoms with van der Waals surface area (Å²) in [7, 11) is -2.66. The molecule has 0 spiro atoms. The molecule has 2 unspecified atom stereocenters. The zero-order valence-corrected chi connectivity index (χ0v) is 57.8. The topological polar surface area (TPSA) is 232 Å². The number of carbonyl (C=O) groups is 4. The van der Waals surface area contributed by atoms with Gasteiger partial charge in [-0.3, -0.25) is 28.4 Å². The van der Waals surface area contributed by atoms with Crippen LogP contribution in [0.1, 0.15) is 219 Å². The van der Waals surface area contributed by atoms with E-state index in [0.717, 1.165) is 77.6 Å². The van der Waals surface area contributed by atoms with Crippen LogP contribution in [0, 0.1) is 0 Å². The van der Waals surface area contributed by atoms with Crippen LogP contribution in [0.15, 0.2) is 79.0 Å². The maximum atomic E-state index is 12.9. The number of nitrogens with zero attached hydrogens (tertiary/aromatic N) is 3. The van der Waals surface area contributed by atoms with Crippen molar-refractivity contribution >= 4 is 48.5 Å². The highest BCUT2D eigenvalue weighted by molar-refractivity contribution is 7.47. The quantitative estimate of drug-likeness (QED) is 0.0161. The van der Waals surface area contributed by atoms with E-state index in [2.05, 4.69) is 76.8 Å². The number of alkyl carbamates (subject to hydrolysis) is 1. The van der Waals surface area contributed by atoms with Gasteiger partial charge in [0.2, 0.25) is 5.91 Å². The first-order chi connectivity index (χ1) is 45.5. The van der Waals surface area contributed by atoms with Gasteiger partial charge in [0.1, 0.15) is 19.8 Å². The maximum Gasteiger partial charge on any atom is 0.472 e. The standard InChI is InChI=1S/C73H116N5O14P/c1-4-6-8-10-12-14-16-18-20-22-24-26-28-30-32-41-71(80)89-59-66(92-72(81)42-33-31-29-27-25-23-21-19-17-15-13-11-9-7-5-2)60-91-93(83,84)90-51-48-75-73(82)88-56-55-87-61-70(79)74-47-50-85-53-54-86-52-49-78(3)65-38-36-37-64(57-65)62-43-45-63(46-44-62)69-58-76-67-39-34-35-40-68(67)77-69/h34-40,43-46,57-58,66H,4-33,41-42,47-56,59-61H2,1-3H3,(H,74,79)(H,75,82)(H,83,84). The second-order valence-electron chi connectivity index (χ2n) is 24.3. The lowest BCUT2D eigenvalue weighted by Crippen LogP contribution is -2.32. The number of hydrogen-bond donors (Lipinski definition) is 3. The molecular formula is C73H116N5O14P. The molecule has 0 aliphatic heterocycles. The zero-order chi connectivity index (χ0) is 66.5. The molecule has 2 amide bonds. The molecule has 2 atom stereocenters. The number of amides is 2. The fourth-order valence-electron chi connectivity index (χ4n) is 10.7. The Kier molecular flexibility index (Phi) is 45.3. The van der Waals surface area contributed by atoms with E-state index in [-0.39, 0.29) is 64.9 Å². The van der Waals surface area contributed by atoms with E-state index in [0.29, 0.717) is 39.2 Å². The summed E-state index contributed by atoms with van der Waals surface area (Å²) in [5.74, 6) is -1.31. The molecule has 0 fully saturated rings. The number of carbonyl (C=O) groups excluding carboxylic acids is 4. The Morgan fingerprint density at radius 1 is 0.505 bits per heavy atom. The molecule has 0 saturated heterocycles. The van der Waals surface area contributed by atoms with Gasteiger partial charge in [0.15, 0.2) is 6.10 Å². The first-order valence-corrected chi connectivity index (χ1v) is 37.0. The van der Waals surface area contributed by atoms with E-state index in [1.165, 1.54) is 141 Å². The average Bonchev–Trinajstić information content (AvgIpc) is 0.894. The number of benzene rings is 3. The number of hydrogen-bond acceptors (Lipinski definition) is 16. The third kappa shape index (κ3) is 40.5. The predicted molar refractivity (Wildman–Crippen MR) is 370 cm³/mol. The summed E-state index contributed by atoms with van der Waals surface area (Å²) < 4.78 is 55.9. The van der Waals surface area contributed by atoms with Crippen molar-refractivity contribution in [2.24, 2.45) is 0 Å². The fraction of sp³-hybridized carbons (Fsp3) is 0.671. The van der Waals surface area contributed by atoms with Gasteiger partial charge in [-0.05, 0) is 48.2 Å². The van der Waals surface area contributed by atoms with Crippen molar-refractivity contribution in [1.29, 1.82) is 0 Å². The number of ether oxygens (including phenoxy) is 6. The maximum absolute atomic E-state index is 12.9. The van der Waals surface area contributed by atoms with Crippen LogP contribution >= 0.6 is 7.82 Å². The molecule has 1 aromatic heterocycles. The van der Waals surface area contributed by atoms with Crippen molar-refractivity contribution in [1.82, 2.24) is 20.6 Å². The molecule has 0 saturated carbocycles. The van der Waals surface area contributed by atoms with Gasteiger partial charge in [0.25, 0.3) is 0 Å². The van der Waals surface area contributed by atoms with Gasteiger partial charge in [0.05, 0.1) is 69.2 Å². The Morgan fingerprint density at radius 3 is 1.61 bits per heavy atom. The third-order valence-corrected chi connectivity index (χ3v) is 17.2. The van der Waals surface area contributed by atoms with E-state index in [1.54, 1.807) is 0 Å². The van der Waals surface area contributed by atoms with E-state index < -0.39 is 45.2 Å². The van der Waals surface area contributed by atoms with Gasteiger partial charge in [-0.1, -0.05) is 242 Å². The van der Waals surface area contributed by atoms with Crippen LogP contribution in [0.3, 0.4) is 0 Å². The molecule has 3 aromatic carbocycles. The van der Waals surface area contributed by atoms with Crippen molar-refractivity contribution in [2.45, 2.75) is 225 Å². The number of likely N-dealkylation sites (N-methyl/N-ethyl adjacent to an activating group) is 1. The number of phosphoric acid groups is 1. The van der Waals surface area contributed by atoms with E-state index in [1.807, 2.05) is 43.6 Å². The lowest BCUT2D eigenvalue weighted by Gasteiger charge is -2.20. The first kappa shape index (κ1) is 79.9. The second kappa shape index (κ2) is 52.7. The number of unbranched alkanes of at least 4 members (excludes halogenated alkanes) is 28. The van der Waals surface area contributed by atoms with Crippen LogP contribution in [0.2, 0.25) is 0 Å². The van der Waals surface area contributed by atoms with Gasteiger partial charge in [0, 0.05) is 50.8 Å². The van der Waals surface area contributed by atoms with Crippen molar-refractivity contribution < 1.29 is 66.1 Å². The molecule has 20 heteroatoms. The van der Waals surface area contributed by atoms with Crippen molar-refractivity contribution in [3.63, 3.8) is 0 Å². The first-order valence-electron chi connectivity index (χ1n) is 35.5. The molecule has 19 nitrogen and oxygen atoms in total. The van der Waals surface area contributed by atoms with E-state index in [4.69, 9.17) is 42.5 Å². The summed E-state index contributed by atoms with van der Waals surface area (Å²) in [5, 5.41) is 5.11. The summed E-state index contributed by atoms with van der Waals surface area (Å²) >= 11 is 0. The molecule has 0 aliphatic rings. The second-order valence-corrected chi connectivity index (χ2v) is 25.7. The number of rotatable bonds is 59. The molecule has 3 N–H and O–H groups in total. The Balaban J connectivity index is 1.000. The Labute approximate surface area is 557 Å². The summed E-state index contributed by atoms with van der Waals surface area (Å²) in [4.78, 5) is 72.0. The van der Waals surface area contributed by atoms with Crippen LogP contribution in [0.4, 0.5) is 10.5 Å². The van der Waals surface area contributed by atoms with Gasteiger partial charge >= 0.3 is 25.9 Å². The van der Waals surface area contributed by atoms with E-state index >= 15 is 0 Å². The molecule has 0 bridgehead atoms. The molecule has 0 radical (unpaired) electrons. The minimum absolute atomic E-state index is 0.0526. The lowest BCUT2D eigenvalue weighted by molar-refractivity contribution is -0.161. The number of aromatic nitrogens is 2. The minimum atomic E-state index is -4.68. The molecular weight excluding hydrogens is 1200 g/mol. The summed E-state index contributed by atoms with van der Waals surface area (Å²) in [6.07, 6.45) is 36.5. The summed E-state index contributed by atoms with van der Waals surface area (Å²) in [5.41, 5.74) is 6.85. The highest BCUT2D eigenvalue weighted by atomic mass is 31.2. The smallest absolute Gasteiger partial charge is 0.462 e. The normalized spacial score (nSPS) is 12.3. The van der Waals surface area contributed by atoms with Gasteiger partial charge < -0.3 is 48.8 Å². The number of para-hydroxylation sites is 2. The van der Waals surface area contributed by atoms with Crippen LogP contribution in [-0.4, -0.2) is 138 Å². The van der Waals surface area contributed by atoms with Gasteiger partial charge in [-0.2, -0.15) is 0 Å². The minimum Gasteiger partial charge on any atom is -0.462 e. The summed E-state index contributed by atoms with van der Waals surface area (Å²) in [6, 6.07) is 24.6. The lowest BCUT2D eigenvalue weighted by atomic mass is 10.0. The molecule has 522 valence electrons. The van der Waals surface area contributed by atoms with Gasteiger partial charge in [-0.15, -0.1) is 0 Å². The van der Waals surface area contributed by atoms with Crippen molar-refractivity contribution in [2.75, 3.05) is 97.7 Å². The fourth-order valence-corrected chi connectivity index (χ4v) is 11.4. The predicted octanol–water partition coefficient (Wildman–Crippen LogP) is 16.4. The van der Waals surface area contributed by atoms with E-state index in [9.17, 15) is 28.6 Å². The molecule has 0 aliphatic carbocycles. The number of anilines is 1. The van der Waals surface area contributed by atoms with Crippen LogP contribution < -0.4 is 15.5 Å². The molecule has 4 aromatic rings. The molecule has 93 heavy (non-hydrogen) atoms. The Hall–Kier alpha value is -5.53. The molecule has 4 rings (SSSR count). The highest BCUT2D eigenvalue weighted by Gasteiger charge is 2.26. The van der Waals surface area contributed by atoms with Crippen molar-refractivity contribution in [3.8, 4) is 22.4 Å². The van der Waals surface area contributed by atoms with Crippen LogP contribution in [-0.2, 0) is 56.4 Å². The van der Waals surface area contributed by atoms with Gasteiger partial charge in [-0.25, -0.2) is 14.3 Å². The number of fused-ring (bicyclic) bond motifs is 1. The van der Waals surface area contributed by atoms with Crippen molar-refractivity contribution in [3.05, 3.63) is 79.0 Å². The molecule has 1 heterocycles. The Morgan fingerprint density at radius 2 is 1.02 bits per heavy atom. The largest absolute Gasteiger partial charge is 0.472 e. The number of nitrogens with one attached hydrogen (secondary N) is 2. The summed E-state index contributed by atoms with van der Waals surface area (Å²) in [6.45, 7) is 5.05. The number of esters is 2. The zero-order valence-electron chi connectivity index (χ0n) is 56.9. The SMILES string of the molecule is CCCCCCCCCCCCCCCCCC(=O)OCC(COP(=O)(O)OCCNC(=O)OCCOCC(=O)NCCOCCOCCN(C)c1cccc(-c2ccc(-c3cnc4ccccc4n3)cc2)c1)OC(=O)CCCCCCCCCCCCCCCCC. The average molecular weight is 1320 g/mol. The third-order valence-electron chi connectivity index (χ3n) is 16.2. The number of phosphoric ester groups is 1.